The third-order valence-electron chi connectivity index (χ3n) is 5.40. The maximum absolute atomic E-state index is 12.9. The number of carbonyl (C=O) groups is 1. The molecule has 5 rings (SSSR count). The zero-order chi connectivity index (χ0) is 18.8. The monoisotopic (exact) mass is 389 g/mol. The highest BCUT2D eigenvalue weighted by molar-refractivity contribution is 7.91. The number of nitrogens with zero attached hydrogens (tertiary/aromatic N) is 3. The van der Waals surface area contributed by atoms with E-state index >= 15 is 0 Å². The van der Waals surface area contributed by atoms with Crippen molar-refractivity contribution in [1.82, 2.24) is 9.78 Å². The van der Waals surface area contributed by atoms with Gasteiger partial charge in [-0.3, -0.25) is 0 Å². The number of carbonyl (C=O) groups excluding carboxylic acids is 1. The van der Waals surface area contributed by atoms with Crippen LogP contribution in [0.15, 0.2) is 21.5 Å². The van der Waals surface area contributed by atoms with Crippen molar-refractivity contribution in [2.24, 2.45) is 9.50 Å². The molecule has 2 amide bonds. The van der Waals surface area contributed by atoms with Gasteiger partial charge in [0.05, 0.1) is 19.3 Å². The number of nitrogens with two attached hydrogens (primary N) is 1. The summed E-state index contributed by atoms with van der Waals surface area (Å²) in [5.74, 6) is 0.186. The number of fused-ring (bicyclic) bond motifs is 3. The van der Waals surface area contributed by atoms with Crippen molar-refractivity contribution < 1.29 is 18.8 Å². The Labute approximate surface area is 155 Å². The molecule has 0 fully saturated rings. The Hall–Kier alpha value is -2.43. The second-order valence-electron chi connectivity index (χ2n) is 7.04. The van der Waals surface area contributed by atoms with Crippen LogP contribution in [0.1, 0.15) is 22.3 Å². The first-order valence-electron chi connectivity index (χ1n) is 8.82. The SMILES string of the molecule is NS(=O)(=NC(=O)Nc1c2c(cc3c1CC3)CC2)c1cnn2c1O[C@@H](CO)C2. The number of amides is 2. The van der Waals surface area contributed by atoms with Crippen LogP contribution < -0.4 is 15.2 Å². The van der Waals surface area contributed by atoms with Gasteiger partial charge in [0.15, 0.2) is 9.92 Å². The smallest absolute Gasteiger partial charge is 0.354 e. The van der Waals surface area contributed by atoms with Crippen LogP contribution in [0.25, 0.3) is 0 Å². The highest BCUT2D eigenvalue weighted by atomic mass is 32.2. The molecule has 27 heavy (non-hydrogen) atoms. The molecule has 10 heteroatoms. The van der Waals surface area contributed by atoms with Crippen LogP contribution in [0, 0.1) is 0 Å². The average Bonchev–Trinajstić information content (AvgIpc) is 3.10. The molecule has 1 unspecified atom stereocenters. The first-order chi connectivity index (χ1) is 13.0. The van der Waals surface area contributed by atoms with Gasteiger partial charge in [-0.25, -0.2) is 18.8 Å². The quantitative estimate of drug-likeness (QED) is 0.713. The number of aryl methyl sites for hydroxylation is 2. The van der Waals surface area contributed by atoms with Crippen LogP contribution in [0.4, 0.5) is 10.5 Å². The van der Waals surface area contributed by atoms with Crippen LogP contribution in [0.3, 0.4) is 0 Å². The molecule has 1 aromatic carbocycles. The minimum absolute atomic E-state index is 0.0580. The van der Waals surface area contributed by atoms with Gasteiger partial charge < -0.3 is 15.2 Å². The molecule has 2 heterocycles. The summed E-state index contributed by atoms with van der Waals surface area (Å²) in [4.78, 5) is 12.5. The molecule has 4 N–H and O–H groups in total. The fourth-order valence-electron chi connectivity index (χ4n) is 3.81. The van der Waals surface area contributed by atoms with E-state index < -0.39 is 22.1 Å². The standard InChI is InChI=1S/C17H19N5O4S/c18-27(25,14-6-19-22-7-11(8-23)26-16(14)22)21-17(24)20-15-12-3-1-9(12)5-10-2-4-13(10)15/h5-6,11,23H,1-4,7-8H2,(H3,18,20,21,24,25)/t11-,27?/m1/s1. The zero-order valence-electron chi connectivity index (χ0n) is 14.5. The van der Waals surface area contributed by atoms with E-state index in [1.165, 1.54) is 22.0 Å². The molecule has 3 aliphatic rings. The zero-order valence-corrected chi connectivity index (χ0v) is 15.3. The lowest BCUT2D eigenvalue weighted by atomic mass is 9.76. The number of benzene rings is 1. The molecular formula is C17H19N5O4S. The number of anilines is 1. The van der Waals surface area contributed by atoms with E-state index in [2.05, 4.69) is 20.8 Å². The number of hydrogen-bond acceptors (Lipinski definition) is 5. The van der Waals surface area contributed by atoms with Crippen LogP contribution in [0.5, 0.6) is 5.88 Å². The number of hydrogen-bond donors (Lipinski definition) is 3. The van der Waals surface area contributed by atoms with Crippen molar-refractivity contribution in [3.05, 3.63) is 34.5 Å². The molecule has 0 saturated heterocycles. The molecule has 1 aliphatic heterocycles. The lowest BCUT2D eigenvalue weighted by Crippen LogP contribution is -2.24. The minimum atomic E-state index is -3.53. The Morgan fingerprint density at radius 2 is 2.07 bits per heavy atom. The van der Waals surface area contributed by atoms with Crippen molar-refractivity contribution in [3.8, 4) is 5.88 Å². The fraction of sp³-hybridized carbons (Fsp3) is 0.412. The summed E-state index contributed by atoms with van der Waals surface area (Å²) >= 11 is 0. The van der Waals surface area contributed by atoms with Gasteiger partial charge in [0.1, 0.15) is 11.0 Å². The molecule has 0 saturated carbocycles. The molecule has 1 aromatic heterocycles. The number of aliphatic hydroxyl groups excluding tert-OH is 1. The van der Waals surface area contributed by atoms with Crippen LogP contribution in [-0.2, 0) is 42.1 Å². The topological polar surface area (TPSA) is 132 Å². The lowest BCUT2D eigenvalue weighted by molar-refractivity contribution is 0.130. The van der Waals surface area contributed by atoms with Gasteiger partial charge in [-0.15, -0.1) is 4.36 Å². The summed E-state index contributed by atoms with van der Waals surface area (Å²) in [6.45, 7) is 0.131. The van der Waals surface area contributed by atoms with Gasteiger partial charge in [0.2, 0.25) is 5.88 Å². The number of ether oxygens (including phenoxy) is 1. The summed E-state index contributed by atoms with van der Waals surface area (Å²) in [5.41, 5.74) is 5.60. The van der Waals surface area contributed by atoms with E-state index in [4.69, 9.17) is 9.88 Å². The summed E-state index contributed by atoms with van der Waals surface area (Å²) < 4.78 is 23.6. The van der Waals surface area contributed by atoms with Crippen molar-refractivity contribution in [1.29, 1.82) is 0 Å². The van der Waals surface area contributed by atoms with Crippen LogP contribution in [-0.4, -0.2) is 37.8 Å². The van der Waals surface area contributed by atoms with Gasteiger partial charge in [-0.1, -0.05) is 6.07 Å². The number of aromatic nitrogens is 2. The molecule has 2 aromatic rings. The average molecular weight is 389 g/mol. The van der Waals surface area contributed by atoms with Crippen molar-refractivity contribution >= 4 is 21.6 Å². The van der Waals surface area contributed by atoms with Crippen molar-refractivity contribution in [2.45, 2.75) is 43.2 Å². The summed E-state index contributed by atoms with van der Waals surface area (Å²) in [5, 5.41) is 21.9. The Morgan fingerprint density at radius 1 is 1.37 bits per heavy atom. The normalized spacial score (nSPS) is 20.9. The number of aliphatic hydroxyl groups is 1. The lowest BCUT2D eigenvalue weighted by Gasteiger charge is -2.31. The fourth-order valence-corrected chi connectivity index (χ4v) is 4.81. The van der Waals surface area contributed by atoms with E-state index in [9.17, 15) is 14.1 Å². The van der Waals surface area contributed by atoms with E-state index in [1.54, 1.807) is 0 Å². The van der Waals surface area contributed by atoms with E-state index in [1.807, 2.05) is 0 Å². The number of nitrogens with one attached hydrogen (secondary N) is 1. The molecule has 0 bridgehead atoms. The second-order valence-corrected chi connectivity index (χ2v) is 8.80. The maximum atomic E-state index is 12.9. The Balaban J connectivity index is 1.44. The van der Waals surface area contributed by atoms with Gasteiger partial charge in [0.25, 0.3) is 0 Å². The number of urea groups is 1. The predicted octanol–water partition coefficient (Wildman–Crippen LogP) is 0.766. The first kappa shape index (κ1) is 16.7. The van der Waals surface area contributed by atoms with Gasteiger partial charge >= 0.3 is 6.03 Å². The molecule has 2 atom stereocenters. The van der Waals surface area contributed by atoms with E-state index in [-0.39, 0.29) is 17.4 Å². The van der Waals surface area contributed by atoms with Gasteiger partial charge in [-0.05, 0) is 47.9 Å². The van der Waals surface area contributed by atoms with Crippen LogP contribution in [0.2, 0.25) is 0 Å². The van der Waals surface area contributed by atoms with E-state index in [0.717, 1.165) is 42.5 Å². The Kier molecular flexibility index (Phi) is 3.58. The molecule has 9 nitrogen and oxygen atoms in total. The maximum Gasteiger partial charge on any atom is 0.354 e. The Morgan fingerprint density at radius 3 is 2.67 bits per heavy atom. The molecular weight excluding hydrogens is 370 g/mol. The molecule has 142 valence electrons. The van der Waals surface area contributed by atoms with Gasteiger partial charge in [0, 0.05) is 5.69 Å². The largest absolute Gasteiger partial charge is 0.469 e. The molecule has 0 radical (unpaired) electrons. The van der Waals surface area contributed by atoms with Crippen molar-refractivity contribution in [3.63, 3.8) is 0 Å². The summed E-state index contributed by atoms with van der Waals surface area (Å²) in [7, 11) is -3.53. The summed E-state index contributed by atoms with van der Waals surface area (Å²) in [6.07, 6.45) is 4.69. The molecule has 2 aliphatic carbocycles. The third-order valence-corrected chi connectivity index (χ3v) is 6.75. The Bertz CT molecular complexity index is 1070. The van der Waals surface area contributed by atoms with Crippen molar-refractivity contribution in [2.75, 3.05) is 11.9 Å². The predicted molar refractivity (Wildman–Crippen MR) is 97.0 cm³/mol. The number of rotatable bonds is 3. The van der Waals surface area contributed by atoms with Crippen LogP contribution >= 0.6 is 0 Å². The highest BCUT2D eigenvalue weighted by Crippen LogP contribution is 2.40. The third kappa shape index (κ3) is 2.55. The highest BCUT2D eigenvalue weighted by Gasteiger charge is 2.31. The molecule has 0 spiro atoms. The minimum Gasteiger partial charge on any atom is -0.469 e. The second kappa shape index (κ2) is 5.78. The van der Waals surface area contributed by atoms with Gasteiger partial charge in [-0.2, -0.15) is 5.10 Å². The van der Waals surface area contributed by atoms with E-state index in [0.29, 0.717) is 6.54 Å². The summed E-state index contributed by atoms with van der Waals surface area (Å²) in [6, 6.07) is 1.47. The first-order valence-corrected chi connectivity index (χ1v) is 10.4.